The topological polar surface area (TPSA) is 29.3 Å². The fourth-order valence-corrected chi connectivity index (χ4v) is 5.88. The summed E-state index contributed by atoms with van der Waals surface area (Å²) in [6.07, 6.45) is 12.1. The van der Waals surface area contributed by atoms with Gasteiger partial charge in [-0.3, -0.25) is 4.90 Å². The van der Waals surface area contributed by atoms with Crippen LogP contribution in [0.5, 0.6) is 0 Å². The minimum absolute atomic E-state index is 0.860. The summed E-state index contributed by atoms with van der Waals surface area (Å²) in [5.41, 5.74) is 5.90. The van der Waals surface area contributed by atoms with Gasteiger partial charge in [0.15, 0.2) is 0 Å². The van der Waals surface area contributed by atoms with E-state index in [0.29, 0.717) is 0 Å². The molecule has 102 valence electrons. The van der Waals surface area contributed by atoms with E-state index in [1.54, 1.807) is 32.1 Å². The summed E-state index contributed by atoms with van der Waals surface area (Å²) in [6.45, 7) is 2.02. The lowest BCUT2D eigenvalue weighted by atomic mass is 9.53. The molecule has 5 aliphatic rings. The highest BCUT2D eigenvalue weighted by Gasteiger charge is 2.51. The highest BCUT2D eigenvalue weighted by molar-refractivity contribution is 5.03. The van der Waals surface area contributed by atoms with Crippen molar-refractivity contribution in [1.29, 1.82) is 0 Å². The van der Waals surface area contributed by atoms with Gasteiger partial charge in [-0.05, 0) is 68.6 Å². The Morgan fingerprint density at radius 3 is 1.94 bits per heavy atom. The van der Waals surface area contributed by atoms with Gasteiger partial charge in [-0.2, -0.15) is 0 Å². The van der Waals surface area contributed by atoms with Crippen molar-refractivity contribution in [2.45, 2.75) is 63.5 Å². The quantitative estimate of drug-likeness (QED) is 0.828. The van der Waals surface area contributed by atoms with E-state index >= 15 is 0 Å². The predicted molar refractivity (Wildman–Crippen MR) is 74.2 cm³/mol. The molecule has 0 saturated heterocycles. The molecule has 0 aromatic heterocycles. The van der Waals surface area contributed by atoms with Crippen molar-refractivity contribution in [2.75, 3.05) is 13.1 Å². The zero-order valence-corrected chi connectivity index (χ0v) is 11.6. The van der Waals surface area contributed by atoms with Crippen molar-refractivity contribution in [3.8, 4) is 0 Å². The minimum atomic E-state index is 0.860. The normalized spacial score (nSPS) is 46.7. The van der Waals surface area contributed by atoms with E-state index in [4.69, 9.17) is 5.73 Å². The van der Waals surface area contributed by atoms with Gasteiger partial charge in [0.05, 0.1) is 0 Å². The van der Waals surface area contributed by atoms with Crippen molar-refractivity contribution in [2.24, 2.45) is 29.4 Å². The maximum absolute atomic E-state index is 5.90. The van der Waals surface area contributed by atoms with Crippen LogP contribution in [-0.2, 0) is 0 Å². The van der Waals surface area contributed by atoms with Gasteiger partial charge in [-0.15, -0.1) is 0 Å². The maximum Gasteiger partial charge on any atom is 0.0156 e. The van der Waals surface area contributed by atoms with Crippen LogP contribution in [0.25, 0.3) is 0 Å². The van der Waals surface area contributed by atoms with Crippen LogP contribution in [-0.4, -0.2) is 30.1 Å². The highest BCUT2D eigenvalue weighted by Crippen LogP contribution is 2.55. The molecule has 0 atom stereocenters. The van der Waals surface area contributed by atoms with E-state index in [9.17, 15) is 0 Å². The summed E-state index contributed by atoms with van der Waals surface area (Å²) >= 11 is 0. The van der Waals surface area contributed by atoms with Crippen LogP contribution in [0.3, 0.4) is 0 Å². The number of hydrogen-bond donors (Lipinski definition) is 1. The highest BCUT2D eigenvalue weighted by atomic mass is 15.2. The number of nitrogens with two attached hydrogens (primary N) is 1. The molecule has 5 aliphatic carbocycles. The van der Waals surface area contributed by atoms with Crippen molar-refractivity contribution in [1.82, 2.24) is 4.90 Å². The number of nitrogens with zero attached hydrogens (tertiary/aromatic N) is 1. The Kier molecular flexibility index (Phi) is 2.92. The molecule has 5 saturated carbocycles. The maximum atomic E-state index is 5.90. The monoisotopic (exact) mass is 248 g/mol. The Morgan fingerprint density at radius 2 is 1.50 bits per heavy atom. The first-order valence-corrected chi connectivity index (χ1v) is 8.31. The Bertz CT molecular complexity index is 282. The van der Waals surface area contributed by atoms with Gasteiger partial charge >= 0.3 is 0 Å². The zero-order valence-electron chi connectivity index (χ0n) is 11.6. The van der Waals surface area contributed by atoms with Gasteiger partial charge < -0.3 is 5.73 Å². The van der Waals surface area contributed by atoms with Crippen molar-refractivity contribution >= 4 is 0 Å². The first kappa shape index (κ1) is 11.7. The van der Waals surface area contributed by atoms with Crippen molar-refractivity contribution in [3.63, 3.8) is 0 Å². The molecule has 5 fully saturated rings. The standard InChI is InChI=1S/C16H28N2/c17-4-5-18(15-2-1-3-15)16-13-7-11-6-12(9-13)10-14(16)8-11/h11-16H,1-10,17H2. The fraction of sp³-hybridized carbons (Fsp3) is 1.00. The van der Waals surface area contributed by atoms with Crippen LogP contribution in [0.2, 0.25) is 0 Å². The molecule has 4 bridgehead atoms. The third-order valence-electron chi connectivity index (χ3n) is 6.49. The molecule has 0 aromatic rings. The lowest BCUT2D eigenvalue weighted by Crippen LogP contribution is -2.60. The average molecular weight is 248 g/mol. The molecule has 2 heteroatoms. The number of rotatable bonds is 4. The lowest BCUT2D eigenvalue weighted by Gasteiger charge is -2.59. The van der Waals surface area contributed by atoms with Gasteiger partial charge in [0.2, 0.25) is 0 Å². The number of hydrogen-bond acceptors (Lipinski definition) is 2. The van der Waals surface area contributed by atoms with Crippen molar-refractivity contribution < 1.29 is 0 Å². The molecular weight excluding hydrogens is 220 g/mol. The summed E-state index contributed by atoms with van der Waals surface area (Å²) in [4.78, 5) is 2.87. The van der Waals surface area contributed by atoms with Crippen LogP contribution in [0.1, 0.15) is 51.4 Å². The average Bonchev–Trinajstić information content (AvgIpc) is 2.25. The molecular formula is C16H28N2. The van der Waals surface area contributed by atoms with E-state index in [1.165, 1.54) is 19.3 Å². The van der Waals surface area contributed by atoms with E-state index in [-0.39, 0.29) is 0 Å². The van der Waals surface area contributed by atoms with Gasteiger partial charge in [0.1, 0.15) is 0 Å². The first-order chi connectivity index (χ1) is 8.85. The lowest BCUT2D eigenvalue weighted by molar-refractivity contribution is -0.0875. The molecule has 0 spiro atoms. The Morgan fingerprint density at radius 1 is 0.889 bits per heavy atom. The molecule has 0 heterocycles. The molecule has 5 rings (SSSR count). The first-order valence-electron chi connectivity index (χ1n) is 8.31. The van der Waals surface area contributed by atoms with Crippen LogP contribution in [0.15, 0.2) is 0 Å². The summed E-state index contributed by atoms with van der Waals surface area (Å²) in [5, 5.41) is 0. The zero-order chi connectivity index (χ0) is 12.1. The second-order valence-corrected chi connectivity index (χ2v) is 7.53. The molecule has 18 heavy (non-hydrogen) atoms. The predicted octanol–water partition coefficient (Wildman–Crippen LogP) is 2.62. The van der Waals surface area contributed by atoms with E-state index in [0.717, 1.165) is 48.8 Å². The second kappa shape index (κ2) is 4.49. The second-order valence-electron chi connectivity index (χ2n) is 7.53. The molecule has 0 radical (unpaired) electrons. The van der Waals surface area contributed by atoms with Gasteiger partial charge in [0.25, 0.3) is 0 Å². The molecule has 0 aromatic carbocycles. The van der Waals surface area contributed by atoms with E-state index in [1.807, 2.05) is 0 Å². The Balaban J connectivity index is 1.54. The summed E-state index contributed by atoms with van der Waals surface area (Å²) in [5.74, 6) is 4.27. The molecule has 0 unspecified atom stereocenters. The summed E-state index contributed by atoms with van der Waals surface area (Å²) < 4.78 is 0. The van der Waals surface area contributed by atoms with Gasteiger partial charge in [-0.25, -0.2) is 0 Å². The third-order valence-corrected chi connectivity index (χ3v) is 6.49. The summed E-state index contributed by atoms with van der Waals surface area (Å²) in [7, 11) is 0. The molecule has 0 aliphatic heterocycles. The smallest absolute Gasteiger partial charge is 0.0156 e. The Hall–Kier alpha value is -0.0800. The molecule has 2 nitrogen and oxygen atoms in total. The fourth-order valence-electron chi connectivity index (χ4n) is 5.88. The largest absolute Gasteiger partial charge is 0.329 e. The molecule has 0 amide bonds. The van der Waals surface area contributed by atoms with Crippen LogP contribution in [0.4, 0.5) is 0 Å². The summed E-state index contributed by atoms with van der Waals surface area (Å²) in [6, 6.07) is 1.82. The SMILES string of the molecule is NCCN(C1CCC1)C1C2CC3CC(C2)CC1C3. The van der Waals surface area contributed by atoms with Crippen LogP contribution in [0, 0.1) is 23.7 Å². The van der Waals surface area contributed by atoms with E-state index in [2.05, 4.69) is 4.90 Å². The molecule has 2 N–H and O–H groups in total. The van der Waals surface area contributed by atoms with Crippen molar-refractivity contribution in [3.05, 3.63) is 0 Å². The third kappa shape index (κ3) is 1.76. The van der Waals surface area contributed by atoms with Gasteiger partial charge in [-0.1, -0.05) is 6.42 Å². The van der Waals surface area contributed by atoms with E-state index < -0.39 is 0 Å². The van der Waals surface area contributed by atoms with Crippen LogP contribution < -0.4 is 5.73 Å². The Labute approximate surface area is 111 Å². The van der Waals surface area contributed by atoms with Crippen LogP contribution >= 0.6 is 0 Å². The minimum Gasteiger partial charge on any atom is -0.329 e. The van der Waals surface area contributed by atoms with Gasteiger partial charge in [0, 0.05) is 25.2 Å².